The summed E-state index contributed by atoms with van der Waals surface area (Å²) in [5, 5.41) is 4.78. The van der Waals surface area contributed by atoms with Crippen LogP contribution in [-0.4, -0.2) is 14.8 Å². The van der Waals surface area contributed by atoms with Crippen molar-refractivity contribution in [3.05, 3.63) is 11.6 Å². The fourth-order valence-corrected chi connectivity index (χ4v) is 5.38. The molecular weight excluding hydrogens is 236 g/mol. The van der Waals surface area contributed by atoms with Crippen LogP contribution >= 0.6 is 0 Å². The summed E-state index contributed by atoms with van der Waals surface area (Å²) in [6, 6.07) is -0.0612. The molecule has 0 saturated heterocycles. The zero-order chi connectivity index (χ0) is 13.2. The second kappa shape index (κ2) is 3.81. The predicted octanol–water partition coefficient (Wildman–Crippen LogP) is 2.53. The van der Waals surface area contributed by atoms with Gasteiger partial charge in [0.25, 0.3) is 0 Å². The van der Waals surface area contributed by atoms with Gasteiger partial charge in [0.2, 0.25) is 0 Å². The topological polar surface area (TPSA) is 56.7 Å². The number of hydrogen-bond donors (Lipinski definition) is 1. The van der Waals surface area contributed by atoms with E-state index in [0.29, 0.717) is 0 Å². The van der Waals surface area contributed by atoms with Crippen molar-refractivity contribution in [3.8, 4) is 0 Å². The van der Waals surface area contributed by atoms with Crippen LogP contribution in [0.5, 0.6) is 0 Å². The summed E-state index contributed by atoms with van der Waals surface area (Å²) in [5.74, 6) is 4.69. The lowest BCUT2D eigenvalue weighted by Gasteiger charge is -2.56. The lowest BCUT2D eigenvalue weighted by molar-refractivity contribution is -0.0507. The van der Waals surface area contributed by atoms with E-state index in [-0.39, 0.29) is 11.6 Å². The summed E-state index contributed by atoms with van der Waals surface area (Å²) >= 11 is 0. The maximum atomic E-state index is 5.95. The van der Waals surface area contributed by atoms with Gasteiger partial charge in [-0.15, -0.1) is 0 Å². The third kappa shape index (κ3) is 1.69. The Bertz CT molecular complexity index is 467. The quantitative estimate of drug-likeness (QED) is 0.889. The molecule has 0 aliphatic heterocycles. The van der Waals surface area contributed by atoms with Gasteiger partial charge in [0.1, 0.15) is 5.82 Å². The molecule has 19 heavy (non-hydrogen) atoms. The SMILES string of the molecule is Cc1nc(C(C)N)nn1C12CC3CC(CC(C3)C1)C2. The third-order valence-electron chi connectivity index (χ3n) is 5.65. The highest BCUT2D eigenvalue weighted by Crippen LogP contribution is 2.58. The predicted molar refractivity (Wildman–Crippen MR) is 73.5 cm³/mol. The second-order valence-corrected chi connectivity index (χ2v) is 7.36. The van der Waals surface area contributed by atoms with Crippen LogP contribution in [0.2, 0.25) is 0 Å². The lowest BCUT2D eigenvalue weighted by Crippen LogP contribution is -2.52. The van der Waals surface area contributed by atoms with Gasteiger partial charge in [0.05, 0.1) is 11.6 Å². The average Bonchev–Trinajstić information content (AvgIpc) is 2.70. The smallest absolute Gasteiger partial charge is 0.167 e. The normalized spacial score (nSPS) is 41.7. The van der Waals surface area contributed by atoms with Crippen molar-refractivity contribution in [1.29, 1.82) is 0 Å². The highest BCUT2D eigenvalue weighted by Gasteiger charge is 2.53. The van der Waals surface area contributed by atoms with E-state index in [9.17, 15) is 0 Å². The maximum Gasteiger partial charge on any atom is 0.167 e. The molecule has 4 nitrogen and oxygen atoms in total. The lowest BCUT2D eigenvalue weighted by atomic mass is 9.53. The van der Waals surface area contributed by atoms with E-state index in [2.05, 4.69) is 16.6 Å². The van der Waals surface area contributed by atoms with Gasteiger partial charge in [-0.2, -0.15) is 5.10 Å². The van der Waals surface area contributed by atoms with Gasteiger partial charge < -0.3 is 5.73 Å². The van der Waals surface area contributed by atoms with Gasteiger partial charge in [0.15, 0.2) is 5.82 Å². The van der Waals surface area contributed by atoms with Crippen molar-refractivity contribution >= 4 is 0 Å². The molecular formula is C15H24N4. The molecule has 4 fully saturated rings. The van der Waals surface area contributed by atoms with Gasteiger partial charge in [0, 0.05) is 0 Å². The summed E-state index contributed by atoms with van der Waals surface area (Å²) in [6.45, 7) is 4.07. The molecule has 1 aromatic rings. The molecule has 4 heteroatoms. The second-order valence-electron chi connectivity index (χ2n) is 7.36. The Morgan fingerprint density at radius 3 is 2.11 bits per heavy atom. The highest BCUT2D eigenvalue weighted by atomic mass is 15.4. The van der Waals surface area contributed by atoms with Gasteiger partial charge >= 0.3 is 0 Å². The highest BCUT2D eigenvalue weighted by molar-refractivity contribution is 5.08. The zero-order valence-electron chi connectivity index (χ0n) is 12.0. The Morgan fingerprint density at radius 1 is 1.16 bits per heavy atom. The number of aromatic nitrogens is 3. The van der Waals surface area contributed by atoms with E-state index in [1.807, 2.05) is 6.92 Å². The average molecular weight is 260 g/mol. The Labute approximate surface area is 114 Å². The van der Waals surface area contributed by atoms with Crippen LogP contribution in [0.15, 0.2) is 0 Å². The van der Waals surface area contributed by atoms with E-state index in [4.69, 9.17) is 10.8 Å². The van der Waals surface area contributed by atoms with Crippen LogP contribution in [-0.2, 0) is 5.54 Å². The fraction of sp³-hybridized carbons (Fsp3) is 0.867. The van der Waals surface area contributed by atoms with Gasteiger partial charge in [-0.1, -0.05) is 0 Å². The van der Waals surface area contributed by atoms with Crippen LogP contribution in [0.4, 0.5) is 0 Å². The van der Waals surface area contributed by atoms with Crippen molar-refractivity contribution in [2.24, 2.45) is 23.5 Å². The molecule has 1 atom stereocenters. The van der Waals surface area contributed by atoms with Crippen molar-refractivity contribution < 1.29 is 0 Å². The molecule has 4 aliphatic rings. The number of nitrogens with two attached hydrogens (primary N) is 1. The molecule has 4 saturated carbocycles. The molecule has 4 aliphatic carbocycles. The monoisotopic (exact) mass is 260 g/mol. The summed E-state index contributed by atoms with van der Waals surface area (Å²) in [7, 11) is 0. The van der Waals surface area contributed by atoms with E-state index < -0.39 is 0 Å². The summed E-state index contributed by atoms with van der Waals surface area (Å²) in [6.07, 6.45) is 8.36. The van der Waals surface area contributed by atoms with Gasteiger partial charge in [-0.05, 0) is 70.1 Å². The first-order valence-corrected chi connectivity index (χ1v) is 7.75. The zero-order valence-corrected chi connectivity index (χ0v) is 12.0. The third-order valence-corrected chi connectivity index (χ3v) is 5.65. The number of rotatable bonds is 2. The molecule has 104 valence electrons. The standard InChI is InChI=1S/C15H24N4/c1-9(16)14-17-10(2)19(18-14)15-6-11-3-12(7-15)5-13(4-11)8-15/h9,11-13H,3-8,16H2,1-2H3. The van der Waals surface area contributed by atoms with Crippen molar-refractivity contribution in [1.82, 2.24) is 14.8 Å². The molecule has 0 spiro atoms. The van der Waals surface area contributed by atoms with Crippen LogP contribution < -0.4 is 5.73 Å². The number of hydrogen-bond acceptors (Lipinski definition) is 3. The van der Waals surface area contributed by atoms with Crippen LogP contribution in [0.25, 0.3) is 0 Å². The minimum Gasteiger partial charge on any atom is -0.321 e. The first kappa shape index (κ1) is 11.9. The molecule has 1 aromatic heterocycles. The largest absolute Gasteiger partial charge is 0.321 e. The minimum absolute atomic E-state index is 0.0612. The molecule has 0 aromatic carbocycles. The van der Waals surface area contributed by atoms with E-state index >= 15 is 0 Å². The van der Waals surface area contributed by atoms with Crippen molar-refractivity contribution in [2.75, 3.05) is 0 Å². The number of nitrogens with zero attached hydrogens (tertiary/aromatic N) is 3. The molecule has 0 radical (unpaired) electrons. The van der Waals surface area contributed by atoms with Crippen LogP contribution in [0, 0.1) is 24.7 Å². The van der Waals surface area contributed by atoms with Crippen molar-refractivity contribution in [2.45, 2.75) is 64.0 Å². The molecule has 4 bridgehead atoms. The minimum atomic E-state index is -0.0612. The van der Waals surface area contributed by atoms with E-state index in [0.717, 1.165) is 29.4 Å². The summed E-state index contributed by atoms with van der Waals surface area (Å²) < 4.78 is 2.26. The van der Waals surface area contributed by atoms with Crippen LogP contribution in [0.1, 0.15) is 63.1 Å². The summed E-state index contributed by atoms with van der Waals surface area (Å²) in [4.78, 5) is 4.59. The summed E-state index contributed by atoms with van der Waals surface area (Å²) in [5.41, 5.74) is 6.23. The fourth-order valence-electron chi connectivity index (χ4n) is 5.38. The maximum absolute atomic E-state index is 5.95. The van der Waals surface area contributed by atoms with Crippen molar-refractivity contribution in [3.63, 3.8) is 0 Å². The van der Waals surface area contributed by atoms with E-state index in [1.54, 1.807) is 0 Å². The molecule has 5 rings (SSSR count). The Balaban J connectivity index is 1.75. The first-order chi connectivity index (χ1) is 9.06. The molecule has 1 heterocycles. The van der Waals surface area contributed by atoms with Crippen LogP contribution in [0.3, 0.4) is 0 Å². The first-order valence-electron chi connectivity index (χ1n) is 7.75. The number of aryl methyl sites for hydroxylation is 1. The Hall–Kier alpha value is -0.900. The molecule has 2 N–H and O–H groups in total. The Kier molecular flexibility index (Phi) is 2.39. The molecule has 1 unspecified atom stereocenters. The van der Waals surface area contributed by atoms with Gasteiger partial charge in [-0.3, -0.25) is 0 Å². The molecule has 0 amide bonds. The Morgan fingerprint density at radius 2 is 1.68 bits per heavy atom. The van der Waals surface area contributed by atoms with E-state index in [1.165, 1.54) is 38.5 Å². The van der Waals surface area contributed by atoms with Gasteiger partial charge in [-0.25, -0.2) is 9.67 Å².